The van der Waals surface area contributed by atoms with Gasteiger partial charge in [-0.05, 0) is 75.9 Å². The van der Waals surface area contributed by atoms with Gasteiger partial charge in [0, 0.05) is 76.0 Å². The zero-order chi connectivity index (χ0) is 54.9. The highest BCUT2D eigenvalue weighted by Crippen LogP contribution is 2.66. The number of aromatic nitrogens is 4. The number of phosphoric acid groups is 2. The maximum atomic E-state index is 14.3. The lowest BCUT2D eigenvalue weighted by molar-refractivity contribution is -0.462. The van der Waals surface area contributed by atoms with Gasteiger partial charge in [-0.25, -0.2) is 27.8 Å². The molecule has 404 valence electrons. The number of rotatable bonds is 19. The number of fused-ring (bicyclic) bond motifs is 3. The quantitative estimate of drug-likeness (QED) is 0.0370. The van der Waals surface area contributed by atoms with E-state index in [-0.39, 0.29) is 60.4 Å². The summed E-state index contributed by atoms with van der Waals surface area (Å²) in [6, 6.07) is 13.9. The topological polar surface area (TPSA) is 356 Å². The van der Waals surface area contributed by atoms with Gasteiger partial charge in [-0.15, -0.1) is 0 Å². The number of alkyl carbamates (subject to hydrolysis) is 1. The molecule has 6 atom stereocenters. The summed E-state index contributed by atoms with van der Waals surface area (Å²) in [7, 11) is -1.65. The van der Waals surface area contributed by atoms with Crippen molar-refractivity contribution >= 4 is 86.2 Å². The number of imidazole rings is 1. The van der Waals surface area contributed by atoms with Gasteiger partial charge in [0.2, 0.25) is 11.9 Å². The van der Waals surface area contributed by atoms with Gasteiger partial charge >= 0.3 is 28.5 Å². The first-order valence-corrected chi connectivity index (χ1v) is 28.6. The highest BCUT2D eigenvalue weighted by Gasteiger charge is 2.50. The molecule has 4 aromatic rings. The number of carbonyl (C=O) groups is 3. The smallest absolute Gasteiger partial charge is 0.440 e. The number of nitrogens with one attached hydrogen (secondary N) is 3. The van der Waals surface area contributed by atoms with Gasteiger partial charge in [0.15, 0.2) is 29.2 Å². The lowest BCUT2D eigenvalue weighted by Crippen LogP contribution is -2.42. The van der Waals surface area contributed by atoms with Crippen LogP contribution in [0.5, 0.6) is 0 Å². The molecule has 0 saturated carbocycles. The number of carbonyl (C=O) groups excluding carboxylic acids is 3. The van der Waals surface area contributed by atoms with Crippen molar-refractivity contribution in [1.29, 1.82) is 0 Å². The SMILES string of the molecule is CN(CCCC(=O)NCCNC(=O)O[C@H]1[C@@H](O)[C@H](n2cnc3c(=O)[nH]c(N)nc32)O[C@@H]1COP(=O)(O)OP(=O)(O)OP(O)(O)=S)C(=O)c1ccccc1C1=C2C=CC(=[N+](C)C)C=C2C(C)(C)c2cc(N(C)C)ccc21. The van der Waals surface area contributed by atoms with Crippen LogP contribution in [0.4, 0.5) is 16.4 Å². The molecule has 3 heterocycles. The zero-order valence-corrected chi connectivity index (χ0v) is 45.1. The van der Waals surface area contributed by atoms with E-state index in [9.17, 15) is 53.0 Å². The number of nitrogens with two attached hydrogens (primary N) is 1. The second-order valence-corrected chi connectivity index (χ2v) is 24.3. The summed E-state index contributed by atoms with van der Waals surface area (Å²) in [6.45, 7) is -1.60. The fourth-order valence-electron chi connectivity index (χ4n) is 8.79. The summed E-state index contributed by atoms with van der Waals surface area (Å²) in [6.07, 6.45) is -0.243. The third-order valence-electron chi connectivity index (χ3n) is 12.4. The number of anilines is 2. The number of ether oxygens (including phenoxy) is 2. The van der Waals surface area contributed by atoms with Crippen LogP contribution in [-0.2, 0) is 53.8 Å². The van der Waals surface area contributed by atoms with Crippen molar-refractivity contribution in [3.8, 4) is 0 Å². The van der Waals surface area contributed by atoms with E-state index in [1.54, 1.807) is 11.9 Å². The molecule has 0 radical (unpaired) electrons. The highest BCUT2D eigenvalue weighted by atomic mass is 32.5. The third-order valence-corrected chi connectivity index (χ3v) is 16.8. The highest BCUT2D eigenvalue weighted by molar-refractivity contribution is 8.08. The van der Waals surface area contributed by atoms with E-state index in [1.807, 2.05) is 52.5 Å². The lowest BCUT2D eigenvalue weighted by Gasteiger charge is -2.39. The van der Waals surface area contributed by atoms with E-state index in [0.29, 0.717) is 12.0 Å². The maximum absolute atomic E-state index is 14.3. The number of benzene rings is 2. The van der Waals surface area contributed by atoms with Crippen LogP contribution in [0.2, 0.25) is 0 Å². The van der Waals surface area contributed by atoms with Crippen LogP contribution in [0.1, 0.15) is 60.0 Å². The number of amides is 3. The monoisotopic (exact) mass is 1120 g/mol. The lowest BCUT2D eigenvalue weighted by atomic mass is 9.64. The molecule has 2 aliphatic carbocycles. The largest absolute Gasteiger partial charge is 0.488 e. The molecule has 0 bridgehead atoms. The molecule has 2 aromatic carbocycles. The molecule has 10 N–H and O–H groups in total. The second kappa shape index (κ2) is 22.4. The molecule has 2 aromatic heterocycles. The predicted octanol–water partition coefficient (Wildman–Crippen LogP) is 2.55. The molecule has 26 nitrogen and oxygen atoms in total. The normalized spacial score (nSPS) is 20.6. The first-order valence-electron chi connectivity index (χ1n) is 23.0. The molecule has 75 heavy (non-hydrogen) atoms. The Hall–Kier alpha value is -5.76. The number of aromatic amines is 1. The molecule has 30 heteroatoms. The molecule has 1 saturated heterocycles. The van der Waals surface area contributed by atoms with Crippen molar-refractivity contribution in [2.45, 2.75) is 56.6 Å². The van der Waals surface area contributed by atoms with Crippen LogP contribution in [0, 0.1) is 0 Å². The molecule has 0 spiro atoms. The van der Waals surface area contributed by atoms with Crippen LogP contribution in [-0.4, -0.2) is 157 Å². The van der Waals surface area contributed by atoms with Crippen LogP contribution in [0.15, 0.2) is 83.0 Å². The minimum absolute atomic E-state index is 0.0231. The van der Waals surface area contributed by atoms with Crippen molar-refractivity contribution in [3.63, 3.8) is 0 Å². The van der Waals surface area contributed by atoms with Crippen molar-refractivity contribution in [2.24, 2.45) is 0 Å². The van der Waals surface area contributed by atoms with E-state index in [0.717, 1.165) is 55.7 Å². The summed E-state index contributed by atoms with van der Waals surface area (Å²) in [5, 5.41) is 16.4. The van der Waals surface area contributed by atoms with Gasteiger partial charge in [-0.3, -0.25) is 28.5 Å². The molecule has 1 fully saturated rings. The maximum Gasteiger partial charge on any atom is 0.488 e. The number of nitrogens with zero attached hydrogens (tertiary/aromatic N) is 6. The molecule has 3 aliphatic rings. The van der Waals surface area contributed by atoms with Gasteiger partial charge in [-0.2, -0.15) is 9.29 Å². The zero-order valence-electron chi connectivity index (χ0n) is 41.6. The molecular formula is C45H58N10O16P3S+. The van der Waals surface area contributed by atoms with Crippen molar-refractivity contribution < 1.29 is 75.4 Å². The Bertz CT molecular complexity index is 3260. The number of phosphoric ester groups is 1. The first kappa shape index (κ1) is 57.0. The standard InChI is InChI=1S/C45H57N10O16P3S/c1-45(2)31-21-25(52(3)4)14-16-29(31)35(30-17-15-26(53(5)6)22-32(30)45)27-11-8-9-12-28(27)41(59)54(7)20-10-13-34(56)47-18-19-48-44(60)69-38-33(23-67-72(61,62)70-73(63,64)71-74(65,66)75)68-42(37(38)57)55-24-49-36-39(55)50-43(46)51-40(36)58/h8-9,11-12,14-17,21-22,24,33,37-38,42,57H,10,13,18-20,23H2,1-7H3,(H8-,46,47,48,50,51,56,58,60,61,62,63,64,65,66,75)/p+1/t33-,37-,38-,42-/m1/s1. The minimum Gasteiger partial charge on any atom is -0.440 e. The Kier molecular flexibility index (Phi) is 17.0. The van der Waals surface area contributed by atoms with E-state index in [4.69, 9.17) is 19.7 Å². The molecule has 1 aliphatic heterocycles. The number of aliphatic hydroxyl groups excluding tert-OH is 1. The summed E-state index contributed by atoms with van der Waals surface area (Å²) in [5.74, 6) is -0.950. The van der Waals surface area contributed by atoms with Crippen LogP contribution in [0.3, 0.4) is 0 Å². The summed E-state index contributed by atoms with van der Waals surface area (Å²) in [4.78, 5) is 105. The Morgan fingerprint density at radius 2 is 1.71 bits per heavy atom. The molecule has 7 rings (SSSR count). The fourth-order valence-corrected chi connectivity index (χ4v) is 12.6. The molecule has 3 amide bonds. The van der Waals surface area contributed by atoms with Gasteiger partial charge in [0.1, 0.15) is 26.3 Å². The molecular weight excluding hydrogens is 1060 g/mol. The van der Waals surface area contributed by atoms with Gasteiger partial charge in [-0.1, -0.05) is 38.1 Å². The minimum atomic E-state index is -5.71. The van der Waals surface area contributed by atoms with Crippen molar-refractivity contribution in [1.82, 2.24) is 35.1 Å². The number of hydrogen-bond donors (Lipinski definition) is 9. The number of hydrogen-bond acceptors (Lipinski definition) is 17. The number of allylic oxidation sites excluding steroid dienone is 5. The van der Waals surface area contributed by atoms with E-state index in [1.165, 1.54) is 0 Å². The Morgan fingerprint density at radius 3 is 2.40 bits per heavy atom. The number of H-pyrrole nitrogens is 1. The second-order valence-electron chi connectivity index (χ2n) is 18.5. The summed E-state index contributed by atoms with van der Waals surface area (Å²) in [5.41, 5.74) is 12.8. The predicted molar refractivity (Wildman–Crippen MR) is 277 cm³/mol. The van der Waals surface area contributed by atoms with Crippen molar-refractivity contribution in [2.75, 3.05) is 72.1 Å². The van der Waals surface area contributed by atoms with Crippen LogP contribution in [0.25, 0.3) is 16.7 Å². The third kappa shape index (κ3) is 13.1. The summed E-state index contributed by atoms with van der Waals surface area (Å²) >= 11 is 4.09. The number of nitrogen functional groups attached to an aromatic ring is 1. The van der Waals surface area contributed by atoms with Gasteiger partial charge in [0.05, 0.1) is 12.9 Å². The van der Waals surface area contributed by atoms with Crippen LogP contribution < -0.4 is 26.8 Å². The van der Waals surface area contributed by atoms with Gasteiger partial charge in [0.25, 0.3) is 11.5 Å². The van der Waals surface area contributed by atoms with E-state index >= 15 is 0 Å². The average molecular weight is 1120 g/mol. The van der Waals surface area contributed by atoms with Gasteiger partial charge < -0.3 is 60.3 Å². The Balaban J connectivity index is 0.960. The Labute approximate surface area is 434 Å². The first-order chi connectivity index (χ1) is 35.1. The average Bonchev–Trinajstić information content (AvgIpc) is 3.87. The number of aliphatic hydroxyl groups is 1. The van der Waals surface area contributed by atoms with E-state index < -0.39 is 65.2 Å². The van der Waals surface area contributed by atoms with Crippen molar-refractivity contribution in [3.05, 3.63) is 111 Å². The summed E-state index contributed by atoms with van der Waals surface area (Å²) < 4.78 is 51.7. The fraction of sp³-hybridized carbons (Fsp3) is 0.400. The Morgan fingerprint density at radius 1 is 1.00 bits per heavy atom. The molecule has 2 unspecified atom stereocenters. The van der Waals surface area contributed by atoms with Crippen LogP contribution >= 0.6 is 22.4 Å². The van der Waals surface area contributed by atoms with E-state index in [2.05, 4.69) is 106 Å².